The summed E-state index contributed by atoms with van der Waals surface area (Å²) in [6.45, 7) is 18.2. The monoisotopic (exact) mass is 418 g/mol. The van der Waals surface area contributed by atoms with Crippen LogP contribution in [0, 0.1) is 28.6 Å². The van der Waals surface area contributed by atoms with E-state index in [0.29, 0.717) is 17.3 Å². The Bertz CT molecular complexity index is 410. The van der Waals surface area contributed by atoms with Crippen molar-refractivity contribution in [1.29, 1.82) is 0 Å². The molecular weight excluding hydrogens is 382 g/mol. The van der Waals surface area contributed by atoms with Crippen molar-refractivity contribution < 1.29 is 17.2 Å². The van der Waals surface area contributed by atoms with Gasteiger partial charge in [-0.05, 0) is 47.8 Å². The van der Waals surface area contributed by atoms with Crippen LogP contribution in [0.15, 0.2) is 0 Å². The van der Waals surface area contributed by atoms with Crippen LogP contribution in [-0.2, 0) is 17.2 Å². The summed E-state index contributed by atoms with van der Waals surface area (Å²) in [5.74, 6) is 1.25. The van der Waals surface area contributed by atoms with Crippen molar-refractivity contribution in [3.63, 3.8) is 0 Å². The van der Waals surface area contributed by atoms with Crippen LogP contribution in [0.2, 0.25) is 0 Å². The SMILES string of the molecule is CC(CCC(COP(=O)(OCl)OCl)C(C)CC(C)(C)C)CC(C)(C)C. The molecule has 3 atom stereocenters. The lowest BCUT2D eigenvalue weighted by Gasteiger charge is -2.31. The quantitative estimate of drug-likeness (QED) is 0.318. The standard InChI is InChI=1S/C18H37Cl2O4P/c1-14(11-17(3,4)5)9-10-16(15(2)12-18(6,7)8)13-22-25(21,23-19)24-20/h14-16H,9-13H2,1-8H3. The van der Waals surface area contributed by atoms with Crippen molar-refractivity contribution in [3.8, 4) is 0 Å². The van der Waals surface area contributed by atoms with Gasteiger partial charge in [0.2, 0.25) is 0 Å². The summed E-state index contributed by atoms with van der Waals surface area (Å²) in [4.78, 5) is 0. The minimum atomic E-state index is -3.88. The molecule has 0 aliphatic rings. The van der Waals surface area contributed by atoms with E-state index in [0.717, 1.165) is 19.3 Å². The van der Waals surface area contributed by atoms with Crippen molar-refractivity contribution in [2.45, 2.75) is 81.1 Å². The maximum atomic E-state index is 12.0. The first kappa shape index (κ1) is 25.7. The van der Waals surface area contributed by atoms with Gasteiger partial charge in [-0.15, -0.1) is 0 Å². The van der Waals surface area contributed by atoms with Crippen LogP contribution < -0.4 is 0 Å². The second kappa shape index (κ2) is 10.9. The fourth-order valence-electron chi connectivity index (χ4n) is 3.55. The Morgan fingerprint density at radius 2 is 1.36 bits per heavy atom. The van der Waals surface area contributed by atoms with Crippen LogP contribution in [0.25, 0.3) is 0 Å². The molecule has 0 radical (unpaired) electrons. The van der Waals surface area contributed by atoms with Gasteiger partial charge in [0.1, 0.15) is 0 Å². The van der Waals surface area contributed by atoms with Crippen molar-refractivity contribution in [2.24, 2.45) is 28.6 Å². The predicted molar refractivity (Wildman–Crippen MR) is 107 cm³/mol. The highest BCUT2D eigenvalue weighted by atomic mass is 35.5. The molecule has 7 heteroatoms. The Hall–Kier alpha value is 0.690. The molecule has 0 spiro atoms. The molecule has 4 nitrogen and oxygen atoms in total. The third kappa shape index (κ3) is 12.7. The zero-order valence-electron chi connectivity index (χ0n) is 17.1. The van der Waals surface area contributed by atoms with Gasteiger partial charge in [-0.3, -0.25) is 4.52 Å². The second-order valence-electron chi connectivity index (χ2n) is 9.83. The molecule has 0 bridgehead atoms. The van der Waals surface area contributed by atoms with E-state index in [2.05, 4.69) is 63.5 Å². The molecule has 0 aliphatic carbocycles. The summed E-state index contributed by atoms with van der Waals surface area (Å²) in [6, 6.07) is 0. The average Bonchev–Trinajstić information content (AvgIpc) is 2.43. The van der Waals surface area contributed by atoms with Gasteiger partial charge in [0.15, 0.2) is 0 Å². The molecular formula is C18H37Cl2O4P. The number of hydrogen-bond donors (Lipinski definition) is 0. The molecule has 0 amide bonds. The van der Waals surface area contributed by atoms with E-state index in [4.69, 9.17) is 28.3 Å². The van der Waals surface area contributed by atoms with E-state index in [9.17, 15) is 4.57 Å². The lowest BCUT2D eigenvalue weighted by molar-refractivity contribution is 0.125. The topological polar surface area (TPSA) is 44.8 Å². The Labute approximate surface area is 165 Å². The molecule has 0 aromatic carbocycles. The molecule has 0 heterocycles. The molecule has 0 saturated carbocycles. The largest absolute Gasteiger partial charge is 0.507 e. The van der Waals surface area contributed by atoms with Crippen molar-refractivity contribution >= 4 is 31.6 Å². The van der Waals surface area contributed by atoms with Crippen molar-refractivity contribution in [3.05, 3.63) is 0 Å². The van der Waals surface area contributed by atoms with E-state index in [1.165, 1.54) is 6.42 Å². The van der Waals surface area contributed by atoms with Gasteiger partial charge < -0.3 is 0 Å². The van der Waals surface area contributed by atoms with Crippen LogP contribution >= 0.6 is 31.6 Å². The lowest BCUT2D eigenvalue weighted by atomic mass is 9.76. The molecule has 152 valence electrons. The minimum Gasteiger partial charge on any atom is -0.285 e. The van der Waals surface area contributed by atoms with E-state index >= 15 is 0 Å². The third-order valence-electron chi connectivity index (χ3n) is 4.35. The van der Waals surface area contributed by atoms with Crippen LogP contribution in [0.5, 0.6) is 0 Å². The van der Waals surface area contributed by atoms with Crippen LogP contribution in [0.4, 0.5) is 0 Å². The van der Waals surface area contributed by atoms with E-state index in [1.807, 2.05) is 0 Å². The number of phosphoric acid groups is 1. The van der Waals surface area contributed by atoms with E-state index in [-0.39, 0.29) is 17.9 Å². The number of rotatable bonds is 11. The number of hydrogen-bond acceptors (Lipinski definition) is 4. The predicted octanol–water partition coefficient (Wildman–Crippen LogP) is 7.99. The van der Waals surface area contributed by atoms with Gasteiger partial charge in [0.05, 0.1) is 30.3 Å². The van der Waals surface area contributed by atoms with Gasteiger partial charge in [-0.2, -0.15) is 8.15 Å². The summed E-state index contributed by atoms with van der Waals surface area (Å²) in [7, 11) is -3.88. The third-order valence-corrected chi connectivity index (χ3v) is 6.16. The first-order valence-electron chi connectivity index (χ1n) is 9.06. The number of halogens is 2. The Morgan fingerprint density at radius 3 is 1.76 bits per heavy atom. The van der Waals surface area contributed by atoms with Gasteiger partial charge in [0, 0.05) is 0 Å². The molecule has 0 fully saturated rings. The average molecular weight is 419 g/mol. The Balaban J connectivity index is 4.86. The van der Waals surface area contributed by atoms with Crippen LogP contribution in [0.1, 0.15) is 81.1 Å². The zero-order chi connectivity index (χ0) is 19.9. The molecule has 0 aromatic rings. The molecule has 3 unspecified atom stereocenters. The first-order chi connectivity index (χ1) is 11.2. The Morgan fingerprint density at radius 1 is 0.880 bits per heavy atom. The van der Waals surface area contributed by atoms with Crippen LogP contribution in [0.3, 0.4) is 0 Å². The smallest absolute Gasteiger partial charge is 0.285 e. The minimum absolute atomic E-state index is 0.213. The molecule has 0 saturated heterocycles. The highest BCUT2D eigenvalue weighted by Crippen LogP contribution is 2.52. The fourth-order valence-corrected chi connectivity index (χ4v) is 4.52. The molecule has 0 aromatic heterocycles. The maximum Gasteiger partial charge on any atom is 0.507 e. The summed E-state index contributed by atoms with van der Waals surface area (Å²) in [6.07, 6.45) is 4.29. The van der Waals surface area contributed by atoms with Crippen LogP contribution in [-0.4, -0.2) is 6.61 Å². The highest BCUT2D eigenvalue weighted by molar-refractivity contribution is 7.50. The van der Waals surface area contributed by atoms with Gasteiger partial charge in [-0.1, -0.05) is 61.8 Å². The highest BCUT2D eigenvalue weighted by Gasteiger charge is 2.31. The van der Waals surface area contributed by atoms with Gasteiger partial charge in [0.25, 0.3) is 0 Å². The fraction of sp³-hybridized carbons (Fsp3) is 1.00. The van der Waals surface area contributed by atoms with Gasteiger partial charge >= 0.3 is 7.82 Å². The maximum absolute atomic E-state index is 12.0. The van der Waals surface area contributed by atoms with E-state index < -0.39 is 7.82 Å². The summed E-state index contributed by atoms with van der Waals surface area (Å²) < 4.78 is 25.8. The summed E-state index contributed by atoms with van der Waals surface area (Å²) >= 11 is 10.4. The summed E-state index contributed by atoms with van der Waals surface area (Å²) in [5.41, 5.74) is 0.529. The molecule has 0 rings (SSSR count). The van der Waals surface area contributed by atoms with Crippen molar-refractivity contribution in [1.82, 2.24) is 0 Å². The van der Waals surface area contributed by atoms with E-state index in [1.54, 1.807) is 0 Å². The first-order valence-corrected chi connectivity index (χ1v) is 11.1. The zero-order valence-corrected chi connectivity index (χ0v) is 19.5. The molecule has 0 aliphatic heterocycles. The lowest BCUT2D eigenvalue weighted by Crippen LogP contribution is -2.23. The summed E-state index contributed by atoms with van der Waals surface area (Å²) in [5, 5.41) is 0. The molecule has 25 heavy (non-hydrogen) atoms. The second-order valence-corrected chi connectivity index (χ2v) is 12.1. The normalized spacial score (nSPS) is 17.4. The van der Waals surface area contributed by atoms with Crippen molar-refractivity contribution in [2.75, 3.05) is 6.61 Å². The Kier molecular flexibility index (Phi) is 11.2. The molecule has 0 N–H and O–H groups in total. The van der Waals surface area contributed by atoms with Gasteiger partial charge in [-0.25, -0.2) is 4.57 Å².